The van der Waals surface area contributed by atoms with Crippen molar-refractivity contribution in [3.05, 3.63) is 23.7 Å². The van der Waals surface area contributed by atoms with Crippen LogP contribution in [0.25, 0.3) is 0 Å². The third kappa shape index (κ3) is 2.85. The Morgan fingerprint density at radius 2 is 2.25 bits per heavy atom. The van der Waals surface area contributed by atoms with Gasteiger partial charge in [-0.05, 0) is 25.8 Å². The van der Waals surface area contributed by atoms with E-state index in [-0.39, 0.29) is 18.4 Å². The summed E-state index contributed by atoms with van der Waals surface area (Å²) in [5.41, 5.74) is -0.382. The third-order valence-corrected chi connectivity index (χ3v) is 2.95. The highest BCUT2D eigenvalue weighted by Crippen LogP contribution is 2.15. The summed E-state index contributed by atoms with van der Waals surface area (Å²) in [7, 11) is 0. The summed E-state index contributed by atoms with van der Waals surface area (Å²) in [6.45, 7) is 7.49. The monoisotopic (exact) mass is 225 g/mol. The highest BCUT2D eigenvalue weighted by molar-refractivity contribution is 5.95. The maximum atomic E-state index is 11.7. The van der Waals surface area contributed by atoms with Gasteiger partial charge in [-0.3, -0.25) is 4.79 Å². The first-order valence-corrected chi connectivity index (χ1v) is 5.39. The zero-order valence-corrected chi connectivity index (χ0v) is 10.2. The Balaban J connectivity index is 2.58. The van der Waals surface area contributed by atoms with Gasteiger partial charge in [-0.1, -0.05) is 13.8 Å². The lowest BCUT2D eigenvalue weighted by atomic mass is 9.92. The van der Waals surface area contributed by atoms with Crippen LogP contribution in [0.3, 0.4) is 0 Å². The minimum Gasteiger partial charge on any atom is -0.469 e. The lowest BCUT2D eigenvalue weighted by Gasteiger charge is -2.27. The molecule has 0 spiro atoms. The van der Waals surface area contributed by atoms with E-state index < -0.39 is 5.60 Å². The molecule has 0 aliphatic rings. The second kappa shape index (κ2) is 4.70. The molecule has 0 saturated carbocycles. The fraction of sp³-hybridized carbons (Fsp3) is 0.583. The Bertz CT molecular complexity index is 366. The molecule has 2 N–H and O–H groups in total. The standard InChI is InChI=1S/C12H19NO3/c1-8(2)12(4,15)7-13-11(14)10-5-6-16-9(10)3/h5-6,8,15H,7H2,1-4H3,(H,13,14). The molecular formula is C12H19NO3. The number of carbonyl (C=O) groups excluding carboxylic acids is 1. The molecule has 0 aliphatic carbocycles. The van der Waals surface area contributed by atoms with Gasteiger partial charge < -0.3 is 14.8 Å². The average Bonchev–Trinajstić information content (AvgIpc) is 2.61. The van der Waals surface area contributed by atoms with Crippen LogP contribution in [0.5, 0.6) is 0 Å². The van der Waals surface area contributed by atoms with Crippen molar-refractivity contribution >= 4 is 5.91 Å². The first-order valence-electron chi connectivity index (χ1n) is 5.39. The van der Waals surface area contributed by atoms with Crippen LogP contribution in [-0.4, -0.2) is 23.2 Å². The van der Waals surface area contributed by atoms with Gasteiger partial charge in [0.25, 0.3) is 5.91 Å². The van der Waals surface area contributed by atoms with E-state index >= 15 is 0 Å². The Hall–Kier alpha value is -1.29. The molecule has 1 amide bonds. The Labute approximate surface area is 95.7 Å². The molecule has 0 aliphatic heterocycles. The number of furan rings is 1. The highest BCUT2D eigenvalue weighted by Gasteiger charge is 2.25. The van der Waals surface area contributed by atoms with Crippen LogP contribution in [0.1, 0.15) is 36.9 Å². The summed E-state index contributed by atoms with van der Waals surface area (Å²) in [5, 5.41) is 12.7. The van der Waals surface area contributed by atoms with Crippen molar-refractivity contribution in [2.24, 2.45) is 5.92 Å². The Morgan fingerprint density at radius 1 is 1.62 bits per heavy atom. The van der Waals surface area contributed by atoms with Gasteiger partial charge >= 0.3 is 0 Å². The van der Waals surface area contributed by atoms with Crippen molar-refractivity contribution in [2.45, 2.75) is 33.3 Å². The van der Waals surface area contributed by atoms with E-state index in [1.807, 2.05) is 13.8 Å². The van der Waals surface area contributed by atoms with Crippen molar-refractivity contribution in [3.63, 3.8) is 0 Å². The number of nitrogens with one attached hydrogen (secondary N) is 1. The fourth-order valence-corrected chi connectivity index (χ4v) is 1.18. The second-order valence-corrected chi connectivity index (χ2v) is 4.59. The third-order valence-electron chi connectivity index (χ3n) is 2.95. The van der Waals surface area contributed by atoms with Crippen LogP contribution in [0.15, 0.2) is 16.7 Å². The molecule has 0 aromatic carbocycles. The molecule has 90 valence electrons. The normalized spacial score (nSPS) is 14.9. The van der Waals surface area contributed by atoms with Gasteiger partial charge in [0.1, 0.15) is 5.76 Å². The zero-order valence-electron chi connectivity index (χ0n) is 10.2. The number of hydrogen-bond acceptors (Lipinski definition) is 3. The summed E-state index contributed by atoms with van der Waals surface area (Å²) in [4.78, 5) is 11.7. The number of hydrogen-bond donors (Lipinski definition) is 2. The molecule has 0 saturated heterocycles. The number of aliphatic hydroxyl groups is 1. The van der Waals surface area contributed by atoms with Crippen LogP contribution in [0, 0.1) is 12.8 Å². The first kappa shape index (κ1) is 12.8. The van der Waals surface area contributed by atoms with Gasteiger partial charge in [-0.2, -0.15) is 0 Å². The molecule has 1 aromatic rings. The number of rotatable bonds is 4. The van der Waals surface area contributed by atoms with E-state index in [9.17, 15) is 9.90 Å². The maximum absolute atomic E-state index is 11.7. The Morgan fingerprint density at radius 3 is 2.69 bits per heavy atom. The van der Waals surface area contributed by atoms with Crippen LogP contribution in [0.4, 0.5) is 0 Å². The van der Waals surface area contributed by atoms with E-state index in [4.69, 9.17) is 4.42 Å². The molecule has 1 atom stereocenters. The predicted octanol–water partition coefficient (Wildman–Crippen LogP) is 1.72. The van der Waals surface area contributed by atoms with E-state index in [1.54, 1.807) is 19.9 Å². The van der Waals surface area contributed by atoms with Crippen molar-refractivity contribution < 1.29 is 14.3 Å². The topological polar surface area (TPSA) is 62.5 Å². The summed E-state index contributed by atoms with van der Waals surface area (Å²) in [6.07, 6.45) is 1.48. The van der Waals surface area contributed by atoms with Crippen LogP contribution < -0.4 is 5.32 Å². The largest absolute Gasteiger partial charge is 0.469 e. The fourth-order valence-electron chi connectivity index (χ4n) is 1.18. The van der Waals surface area contributed by atoms with E-state index in [0.29, 0.717) is 11.3 Å². The summed E-state index contributed by atoms with van der Waals surface area (Å²) in [5.74, 6) is 0.451. The van der Waals surface area contributed by atoms with E-state index in [0.717, 1.165) is 0 Å². The molecule has 1 rings (SSSR count). The predicted molar refractivity (Wildman–Crippen MR) is 61.2 cm³/mol. The second-order valence-electron chi connectivity index (χ2n) is 4.59. The molecule has 0 fully saturated rings. The molecule has 1 aromatic heterocycles. The van der Waals surface area contributed by atoms with Crippen molar-refractivity contribution in [2.75, 3.05) is 6.54 Å². The Kier molecular flexibility index (Phi) is 3.75. The summed E-state index contributed by atoms with van der Waals surface area (Å²) >= 11 is 0. The minimum atomic E-state index is -0.896. The van der Waals surface area contributed by atoms with Crippen LogP contribution in [-0.2, 0) is 0 Å². The molecule has 16 heavy (non-hydrogen) atoms. The SMILES string of the molecule is Cc1occc1C(=O)NCC(C)(O)C(C)C. The summed E-state index contributed by atoms with van der Waals surface area (Å²) < 4.78 is 5.04. The minimum absolute atomic E-state index is 0.0817. The lowest BCUT2D eigenvalue weighted by Crippen LogP contribution is -2.44. The number of carbonyl (C=O) groups is 1. The summed E-state index contributed by atoms with van der Waals surface area (Å²) in [6, 6.07) is 1.62. The van der Waals surface area contributed by atoms with Gasteiger partial charge in [-0.15, -0.1) is 0 Å². The quantitative estimate of drug-likeness (QED) is 0.820. The van der Waals surface area contributed by atoms with Crippen molar-refractivity contribution in [3.8, 4) is 0 Å². The maximum Gasteiger partial charge on any atom is 0.254 e. The van der Waals surface area contributed by atoms with Crippen molar-refractivity contribution in [1.82, 2.24) is 5.32 Å². The van der Waals surface area contributed by atoms with Gasteiger partial charge in [0.15, 0.2) is 0 Å². The molecule has 4 nitrogen and oxygen atoms in total. The average molecular weight is 225 g/mol. The van der Waals surface area contributed by atoms with Gasteiger partial charge in [0.05, 0.1) is 17.4 Å². The molecule has 1 unspecified atom stereocenters. The van der Waals surface area contributed by atoms with Crippen molar-refractivity contribution in [1.29, 1.82) is 0 Å². The zero-order chi connectivity index (χ0) is 12.3. The van der Waals surface area contributed by atoms with E-state index in [1.165, 1.54) is 6.26 Å². The first-order chi connectivity index (χ1) is 7.34. The molecule has 0 bridgehead atoms. The van der Waals surface area contributed by atoms with E-state index in [2.05, 4.69) is 5.32 Å². The van der Waals surface area contributed by atoms with Gasteiger partial charge in [-0.25, -0.2) is 0 Å². The molecule has 4 heteroatoms. The number of aryl methyl sites for hydroxylation is 1. The van der Waals surface area contributed by atoms with Crippen LogP contribution in [0.2, 0.25) is 0 Å². The number of amides is 1. The van der Waals surface area contributed by atoms with Crippen LogP contribution >= 0.6 is 0 Å². The molecular weight excluding hydrogens is 206 g/mol. The van der Waals surface area contributed by atoms with Gasteiger partial charge in [0, 0.05) is 6.54 Å². The smallest absolute Gasteiger partial charge is 0.254 e. The molecule has 1 heterocycles. The van der Waals surface area contributed by atoms with Gasteiger partial charge in [0.2, 0.25) is 0 Å². The highest BCUT2D eigenvalue weighted by atomic mass is 16.3. The molecule has 0 radical (unpaired) electrons. The lowest BCUT2D eigenvalue weighted by molar-refractivity contribution is 0.0142.